The van der Waals surface area contributed by atoms with Gasteiger partial charge in [0.1, 0.15) is 11.6 Å². The Bertz CT molecular complexity index is 599. The van der Waals surface area contributed by atoms with Crippen LogP contribution in [0.5, 0.6) is 0 Å². The number of rotatable bonds is 4. The Morgan fingerprint density at radius 1 is 1.15 bits per heavy atom. The lowest BCUT2D eigenvalue weighted by Gasteiger charge is -2.20. The fraction of sp³-hybridized carbons (Fsp3) is 0.200. The van der Waals surface area contributed by atoms with Gasteiger partial charge in [-0.05, 0) is 54.1 Å². The minimum Gasteiger partial charge on any atom is -0.306 e. The molecule has 5 heteroatoms. The molecule has 0 heterocycles. The highest BCUT2D eigenvalue weighted by molar-refractivity contribution is 9.10. The van der Waals surface area contributed by atoms with Gasteiger partial charge in [0.25, 0.3) is 0 Å². The summed E-state index contributed by atoms with van der Waals surface area (Å²) in [6.45, 7) is 2.57. The molecule has 0 bridgehead atoms. The van der Waals surface area contributed by atoms with E-state index in [2.05, 4.69) is 21.2 Å². The van der Waals surface area contributed by atoms with Gasteiger partial charge in [-0.2, -0.15) is 0 Å². The van der Waals surface area contributed by atoms with Crippen LogP contribution in [0.4, 0.5) is 8.78 Å². The summed E-state index contributed by atoms with van der Waals surface area (Å²) in [7, 11) is 0. The van der Waals surface area contributed by atoms with E-state index in [4.69, 9.17) is 11.6 Å². The van der Waals surface area contributed by atoms with Crippen LogP contribution in [0.15, 0.2) is 40.9 Å². The Morgan fingerprint density at radius 3 is 2.55 bits per heavy atom. The van der Waals surface area contributed by atoms with E-state index in [9.17, 15) is 8.78 Å². The number of hydrogen-bond donors (Lipinski definition) is 1. The van der Waals surface area contributed by atoms with Crippen molar-refractivity contribution in [1.82, 2.24) is 5.32 Å². The van der Waals surface area contributed by atoms with Gasteiger partial charge in [-0.3, -0.25) is 0 Å². The summed E-state index contributed by atoms with van der Waals surface area (Å²) in [4.78, 5) is 0. The van der Waals surface area contributed by atoms with Gasteiger partial charge < -0.3 is 5.32 Å². The summed E-state index contributed by atoms with van der Waals surface area (Å²) in [6, 6.07) is 8.39. The third-order valence-corrected chi connectivity index (χ3v) is 3.70. The predicted octanol–water partition coefficient (Wildman–Crippen LogP) is 5.08. The maximum Gasteiger partial charge on any atom is 0.124 e. The lowest BCUT2D eigenvalue weighted by atomic mass is 9.98. The zero-order valence-corrected chi connectivity index (χ0v) is 13.1. The first-order chi connectivity index (χ1) is 9.51. The lowest BCUT2D eigenvalue weighted by molar-refractivity contribution is 0.592. The smallest absolute Gasteiger partial charge is 0.124 e. The molecule has 0 spiro atoms. The molecule has 0 radical (unpaired) electrons. The second-order valence-electron chi connectivity index (χ2n) is 4.36. The van der Waals surface area contributed by atoms with Crippen LogP contribution in [-0.2, 0) is 0 Å². The van der Waals surface area contributed by atoms with E-state index in [1.165, 1.54) is 30.3 Å². The third kappa shape index (κ3) is 3.57. The van der Waals surface area contributed by atoms with E-state index in [0.717, 1.165) is 0 Å². The highest BCUT2D eigenvalue weighted by atomic mass is 79.9. The second-order valence-corrected chi connectivity index (χ2v) is 5.68. The molecule has 0 aromatic heterocycles. The minimum atomic E-state index is -0.372. The van der Waals surface area contributed by atoms with Crippen molar-refractivity contribution in [2.75, 3.05) is 6.54 Å². The van der Waals surface area contributed by atoms with Crippen molar-refractivity contribution >= 4 is 27.5 Å². The van der Waals surface area contributed by atoms with Crippen LogP contribution in [0.2, 0.25) is 5.02 Å². The van der Waals surface area contributed by atoms with Crippen LogP contribution in [0.1, 0.15) is 24.1 Å². The highest BCUT2D eigenvalue weighted by Gasteiger charge is 2.18. The molecule has 0 saturated carbocycles. The monoisotopic (exact) mass is 359 g/mol. The number of hydrogen-bond acceptors (Lipinski definition) is 1. The molecule has 0 aliphatic heterocycles. The zero-order valence-electron chi connectivity index (χ0n) is 10.8. The average Bonchev–Trinajstić information content (AvgIpc) is 2.38. The van der Waals surface area contributed by atoms with E-state index >= 15 is 0 Å². The van der Waals surface area contributed by atoms with Crippen molar-refractivity contribution in [2.24, 2.45) is 0 Å². The molecule has 1 nitrogen and oxygen atoms in total. The summed E-state index contributed by atoms with van der Waals surface area (Å²) in [5.74, 6) is -0.729. The van der Waals surface area contributed by atoms with Crippen LogP contribution in [0.25, 0.3) is 0 Å². The molecule has 0 amide bonds. The van der Waals surface area contributed by atoms with E-state index in [1.807, 2.05) is 6.92 Å². The summed E-state index contributed by atoms with van der Waals surface area (Å²) >= 11 is 9.41. The van der Waals surface area contributed by atoms with Gasteiger partial charge in [-0.1, -0.05) is 34.5 Å². The Balaban J connectivity index is 2.52. The fourth-order valence-electron chi connectivity index (χ4n) is 2.09. The molecular weight excluding hydrogens is 348 g/mol. The first kappa shape index (κ1) is 15.4. The van der Waals surface area contributed by atoms with Crippen molar-refractivity contribution in [3.05, 3.63) is 68.7 Å². The van der Waals surface area contributed by atoms with Gasteiger partial charge in [-0.25, -0.2) is 8.78 Å². The fourth-order valence-corrected chi connectivity index (χ4v) is 2.80. The maximum absolute atomic E-state index is 13.6. The van der Waals surface area contributed by atoms with Gasteiger partial charge in [0, 0.05) is 9.50 Å². The van der Waals surface area contributed by atoms with Crippen molar-refractivity contribution in [1.29, 1.82) is 0 Å². The SMILES string of the molecule is CCNC(c1cc(F)cc(Br)c1)c1cc(F)ccc1Cl. The van der Waals surface area contributed by atoms with Crippen molar-refractivity contribution in [3.63, 3.8) is 0 Å². The van der Waals surface area contributed by atoms with Gasteiger partial charge in [0.2, 0.25) is 0 Å². The van der Waals surface area contributed by atoms with Crippen LogP contribution in [-0.4, -0.2) is 6.54 Å². The van der Waals surface area contributed by atoms with Crippen LogP contribution in [0.3, 0.4) is 0 Å². The van der Waals surface area contributed by atoms with Crippen LogP contribution < -0.4 is 5.32 Å². The van der Waals surface area contributed by atoms with Crippen molar-refractivity contribution in [2.45, 2.75) is 13.0 Å². The molecule has 2 aromatic rings. The summed E-state index contributed by atoms with van der Waals surface area (Å²) in [5.41, 5.74) is 1.28. The Kier molecular flexibility index (Phi) is 5.13. The third-order valence-electron chi connectivity index (χ3n) is 2.90. The standard InChI is InChI=1S/C15H13BrClF2N/c1-2-20-15(9-5-10(16)7-12(19)6-9)13-8-11(18)3-4-14(13)17/h3-8,15,20H,2H2,1H3. The van der Waals surface area contributed by atoms with Gasteiger partial charge in [-0.15, -0.1) is 0 Å². The molecule has 0 fully saturated rings. The molecule has 0 saturated heterocycles. The van der Waals surface area contributed by atoms with Gasteiger partial charge in [0.05, 0.1) is 6.04 Å². The molecule has 1 N–H and O–H groups in total. The Labute approximate surface area is 130 Å². The average molecular weight is 361 g/mol. The molecule has 0 aliphatic rings. The highest BCUT2D eigenvalue weighted by Crippen LogP contribution is 2.31. The van der Waals surface area contributed by atoms with E-state index in [0.29, 0.717) is 27.2 Å². The summed E-state index contributed by atoms with van der Waals surface area (Å²) in [6.07, 6.45) is 0. The number of benzene rings is 2. The van der Waals surface area contributed by atoms with Crippen molar-refractivity contribution in [3.8, 4) is 0 Å². The molecule has 1 unspecified atom stereocenters. The lowest BCUT2D eigenvalue weighted by Crippen LogP contribution is -2.22. The Hall–Kier alpha value is -0.970. The van der Waals surface area contributed by atoms with Crippen molar-refractivity contribution < 1.29 is 8.78 Å². The molecule has 106 valence electrons. The maximum atomic E-state index is 13.6. The molecule has 20 heavy (non-hydrogen) atoms. The first-order valence-corrected chi connectivity index (χ1v) is 7.32. The summed E-state index contributed by atoms with van der Waals surface area (Å²) in [5, 5.41) is 3.64. The molecule has 2 aromatic carbocycles. The van der Waals surface area contributed by atoms with E-state index in [-0.39, 0.29) is 17.7 Å². The normalized spacial score (nSPS) is 12.4. The van der Waals surface area contributed by atoms with Crippen LogP contribution in [0, 0.1) is 11.6 Å². The molecular formula is C15H13BrClF2N. The molecule has 2 rings (SSSR count). The quantitative estimate of drug-likeness (QED) is 0.802. The first-order valence-electron chi connectivity index (χ1n) is 6.15. The second kappa shape index (κ2) is 6.66. The molecule has 0 aliphatic carbocycles. The van der Waals surface area contributed by atoms with E-state index < -0.39 is 0 Å². The zero-order chi connectivity index (χ0) is 14.7. The molecule has 1 atom stereocenters. The number of halogens is 4. The Morgan fingerprint density at radius 2 is 1.90 bits per heavy atom. The number of nitrogens with one attached hydrogen (secondary N) is 1. The topological polar surface area (TPSA) is 12.0 Å². The minimum absolute atomic E-state index is 0.357. The largest absolute Gasteiger partial charge is 0.306 e. The predicted molar refractivity (Wildman–Crippen MR) is 81.0 cm³/mol. The van der Waals surface area contributed by atoms with E-state index in [1.54, 1.807) is 6.07 Å². The van der Waals surface area contributed by atoms with Gasteiger partial charge >= 0.3 is 0 Å². The van der Waals surface area contributed by atoms with Gasteiger partial charge in [0.15, 0.2) is 0 Å². The summed E-state index contributed by atoms with van der Waals surface area (Å²) < 4.78 is 27.6. The van der Waals surface area contributed by atoms with Crippen LogP contribution >= 0.6 is 27.5 Å².